The van der Waals surface area contributed by atoms with E-state index in [0.717, 1.165) is 78.0 Å². The lowest BCUT2D eigenvalue weighted by molar-refractivity contribution is 0.670. The first-order chi connectivity index (χ1) is 28.3. The zero-order valence-electron chi connectivity index (χ0n) is 31.1. The number of fused-ring (bicyclic) bond motifs is 6. The van der Waals surface area contributed by atoms with Gasteiger partial charge in [0, 0.05) is 49.6 Å². The normalized spacial score (nSPS) is 11.5. The van der Waals surface area contributed by atoms with E-state index >= 15 is 0 Å². The van der Waals surface area contributed by atoms with Gasteiger partial charge in [-0.15, -0.1) is 0 Å². The summed E-state index contributed by atoms with van der Waals surface area (Å²) in [6.07, 6.45) is 0. The molecule has 268 valence electrons. The first-order valence-electron chi connectivity index (χ1n) is 19.4. The zero-order chi connectivity index (χ0) is 37.7. The van der Waals surface area contributed by atoms with Crippen LogP contribution < -0.4 is 4.90 Å². The van der Waals surface area contributed by atoms with Crippen LogP contribution in [-0.4, -0.2) is 4.57 Å². The molecule has 9 aromatic carbocycles. The van der Waals surface area contributed by atoms with E-state index in [1.165, 1.54) is 21.9 Å². The summed E-state index contributed by atoms with van der Waals surface area (Å²) >= 11 is 0. The van der Waals surface area contributed by atoms with Crippen LogP contribution in [0.1, 0.15) is 0 Å². The standard InChI is InChI=1S/C54H36N2O/c1-4-17-37(18-5-1)38-33-35-41(36-34-38)56(50-31-16-30-49-52(50)47-24-10-12-29-48(47)55(49)40-21-8-3-9-22-40)53-42(39-19-6-2-7-20-39)25-14-26-44(53)46-28-15-27-45-43-23-11-13-32-51(43)57-54(45)46/h1-36H. The molecule has 0 saturated carbocycles. The van der Waals surface area contributed by atoms with Gasteiger partial charge in [-0.1, -0.05) is 170 Å². The molecule has 0 bridgehead atoms. The molecule has 0 aliphatic rings. The number of furan rings is 1. The van der Waals surface area contributed by atoms with Crippen molar-refractivity contribution in [2.75, 3.05) is 4.90 Å². The predicted molar refractivity (Wildman–Crippen MR) is 239 cm³/mol. The molecule has 3 nitrogen and oxygen atoms in total. The van der Waals surface area contributed by atoms with Gasteiger partial charge in [0.2, 0.25) is 0 Å². The van der Waals surface area contributed by atoms with Gasteiger partial charge in [0.05, 0.1) is 22.4 Å². The fourth-order valence-electron chi connectivity index (χ4n) is 8.68. The van der Waals surface area contributed by atoms with Crippen LogP contribution >= 0.6 is 0 Å². The summed E-state index contributed by atoms with van der Waals surface area (Å²) in [6.45, 7) is 0. The fraction of sp³-hybridized carbons (Fsp3) is 0. The second kappa shape index (κ2) is 13.6. The highest BCUT2D eigenvalue weighted by atomic mass is 16.3. The number of aromatic nitrogens is 1. The number of nitrogens with zero attached hydrogens (tertiary/aromatic N) is 2. The van der Waals surface area contributed by atoms with Gasteiger partial charge in [-0.2, -0.15) is 0 Å². The number of rotatable bonds is 7. The van der Waals surface area contributed by atoms with Crippen molar-refractivity contribution < 1.29 is 4.42 Å². The van der Waals surface area contributed by atoms with E-state index < -0.39 is 0 Å². The lowest BCUT2D eigenvalue weighted by Gasteiger charge is -2.31. The minimum absolute atomic E-state index is 0.878. The molecule has 0 unspecified atom stereocenters. The molecular formula is C54H36N2O. The van der Waals surface area contributed by atoms with Crippen molar-refractivity contribution in [2.45, 2.75) is 0 Å². The van der Waals surface area contributed by atoms with Gasteiger partial charge in [-0.3, -0.25) is 0 Å². The van der Waals surface area contributed by atoms with Crippen LogP contribution in [0.3, 0.4) is 0 Å². The van der Waals surface area contributed by atoms with E-state index in [4.69, 9.17) is 4.42 Å². The number of hydrogen-bond donors (Lipinski definition) is 0. The highest BCUT2D eigenvalue weighted by Gasteiger charge is 2.27. The molecule has 0 aliphatic carbocycles. The van der Waals surface area contributed by atoms with Crippen molar-refractivity contribution in [1.82, 2.24) is 4.57 Å². The van der Waals surface area contributed by atoms with Gasteiger partial charge in [0.25, 0.3) is 0 Å². The molecule has 0 fully saturated rings. The second-order valence-electron chi connectivity index (χ2n) is 14.5. The van der Waals surface area contributed by atoms with Crippen molar-refractivity contribution in [2.24, 2.45) is 0 Å². The maximum absolute atomic E-state index is 6.75. The Morgan fingerprint density at radius 1 is 0.368 bits per heavy atom. The smallest absolute Gasteiger partial charge is 0.143 e. The third-order valence-electron chi connectivity index (χ3n) is 11.2. The Hall–Kier alpha value is -7.62. The number of para-hydroxylation sites is 5. The molecule has 2 heterocycles. The van der Waals surface area contributed by atoms with E-state index in [9.17, 15) is 0 Å². The van der Waals surface area contributed by atoms with E-state index in [1.54, 1.807) is 0 Å². The molecular weight excluding hydrogens is 693 g/mol. The highest BCUT2D eigenvalue weighted by molar-refractivity contribution is 6.18. The molecule has 0 N–H and O–H groups in total. The Kier molecular flexibility index (Phi) is 7.82. The summed E-state index contributed by atoms with van der Waals surface area (Å²) in [5.74, 6) is 0. The quantitative estimate of drug-likeness (QED) is 0.163. The molecule has 57 heavy (non-hydrogen) atoms. The maximum Gasteiger partial charge on any atom is 0.143 e. The van der Waals surface area contributed by atoms with Crippen LogP contribution in [0, 0.1) is 0 Å². The number of anilines is 3. The van der Waals surface area contributed by atoms with Gasteiger partial charge in [-0.05, 0) is 65.2 Å². The van der Waals surface area contributed by atoms with Gasteiger partial charge in [-0.25, -0.2) is 0 Å². The van der Waals surface area contributed by atoms with E-state index in [2.05, 4.69) is 222 Å². The van der Waals surface area contributed by atoms with Crippen molar-refractivity contribution in [3.63, 3.8) is 0 Å². The molecule has 0 atom stereocenters. The molecule has 0 amide bonds. The monoisotopic (exact) mass is 728 g/mol. The van der Waals surface area contributed by atoms with Crippen molar-refractivity contribution in [1.29, 1.82) is 0 Å². The SMILES string of the molecule is c1ccc(-c2ccc(N(c3c(-c4ccccc4)cccc3-c3cccc4c3oc3ccccc34)c3cccc4c3c3ccccc3n4-c3ccccc3)cc2)cc1. The maximum atomic E-state index is 6.75. The third-order valence-corrected chi connectivity index (χ3v) is 11.2. The first kappa shape index (κ1) is 32.8. The lowest BCUT2D eigenvalue weighted by Crippen LogP contribution is -2.13. The van der Waals surface area contributed by atoms with Crippen LogP contribution in [-0.2, 0) is 0 Å². The lowest BCUT2D eigenvalue weighted by atomic mass is 9.93. The summed E-state index contributed by atoms with van der Waals surface area (Å²) in [7, 11) is 0. The van der Waals surface area contributed by atoms with Gasteiger partial charge < -0.3 is 13.9 Å². The highest BCUT2D eigenvalue weighted by Crippen LogP contribution is 2.51. The largest absolute Gasteiger partial charge is 0.455 e. The van der Waals surface area contributed by atoms with E-state index in [0.29, 0.717) is 0 Å². The van der Waals surface area contributed by atoms with E-state index in [-0.39, 0.29) is 0 Å². The third kappa shape index (κ3) is 5.43. The molecule has 0 spiro atoms. The Labute approximate surface area is 330 Å². The Morgan fingerprint density at radius 3 is 1.72 bits per heavy atom. The average Bonchev–Trinajstić information content (AvgIpc) is 3.84. The van der Waals surface area contributed by atoms with Gasteiger partial charge in [0.1, 0.15) is 11.2 Å². The topological polar surface area (TPSA) is 21.3 Å². The molecule has 2 aromatic heterocycles. The summed E-state index contributed by atoms with van der Waals surface area (Å²) in [6, 6.07) is 78.1. The average molecular weight is 729 g/mol. The van der Waals surface area contributed by atoms with Crippen LogP contribution in [0.5, 0.6) is 0 Å². The molecule has 0 saturated heterocycles. The Morgan fingerprint density at radius 2 is 0.930 bits per heavy atom. The molecule has 0 aliphatic heterocycles. The summed E-state index contributed by atoms with van der Waals surface area (Å²) in [4.78, 5) is 2.48. The molecule has 3 heteroatoms. The van der Waals surface area contributed by atoms with Crippen LogP contribution in [0.4, 0.5) is 17.1 Å². The second-order valence-corrected chi connectivity index (χ2v) is 14.5. The van der Waals surface area contributed by atoms with Crippen LogP contribution in [0.15, 0.2) is 223 Å². The zero-order valence-corrected chi connectivity index (χ0v) is 31.1. The number of hydrogen-bond acceptors (Lipinski definition) is 2. The molecule has 11 aromatic rings. The van der Waals surface area contributed by atoms with Crippen molar-refractivity contribution in [3.8, 4) is 39.1 Å². The minimum atomic E-state index is 0.878. The fourth-order valence-corrected chi connectivity index (χ4v) is 8.68. The Balaban J connectivity index is 1.26. The van der Waals surface area contributed by atoms with Gasteiger partial charge in [0.15, 0.2) is 0 Å². The molecule has 11 rings (SSSR count). The minimum Gasteiger partial charge on any atom is -0.455 e. The summed E-state index contributed by atoms with van der Waals surface area (Å²) in [5, 5.41) is 4.59. The predicted octanol–water partition coefficient (Wildman–Crippen LogP) is 15.2. The summed E-state index contributed by atoms with van der Waals surface area (Å²) in [5.41, 5.74) is 15.1. The molecule has 0 radical (unpaired) electrons. The van der Waals surface area contributed by atoms with Crippen molar-refractivity contribution >= 4 is 60.8 Å². The van der Waals surface area contributed by atoms with E-state index in [1.807, 2.05) is 6.07 Å². The number of benzene rings is 9. The van der Waals surface area contributed by atoms with Crippen LogP contribution in [0.25, 0.3) is 82.8 Å². The van der Waals surface area contributed by atoms with Crippen LogP contribution in [0.2, 0.25) is 0 Å². The summed E-state index contributed by atoms with van der Waals surface area (Å²) < 4.78 is 9.15. The first-order valence-corrected chi connectivity index (χ1v) is 19.4. The van der Waals surface area contributed by atoms with Crippen molar-refractivity contribution in [3.05, 3.63) is 218 Å². The Bertz CT molecular complexity index is 3220. The van der Waals surface area contributed by atoms with Gasteiger partial charge >= 0.3 is 0 Å².